The number of hydrogen-bond donors (Lipinski definition) is 2. The van der Waals surface area contributed by atoms with Gasteiger partial charge in [0.05, 0.1) is 23.6 Å². The van der Waals surface area contributed by atoms with E-state index in [1.165, 1.54) is 6.33 Å². The summed E-state index contributed by atoms with van der Waals surface area (Å²) in [5.74, 6) is -0.871. The van der Waals surface area contributed by atoms with E-state index in [2.05, 4.69) is 9.97 Å². The zero-order chi connectivity index (χ0) is 26.0. The monoisotopic (exact) mass is 508 g/mol. The highest BCUT2D eigenvalue weighted by Crippen LogP contribution is 2.32. The second-order valence-corrected chi connectivity index (χ2v) is 9.04. The highest BCUT2D eigenvalue weighted by atomic mass is 19.4. The van der Waals surface area contributed by atoms with Crippen LogP contribution in [0.1, 0.15) is 24.5 Å². The van der Waals surface area contributed by atoms with Crippen molar-refractivity contribution in [2.45, 2.75) is 38.7 Å². The molecule has 1 amide bonds. The fourth-order valence-electron chi connectivity index (χ4n) is 4.66. The van der Waals surface area contributed by atoms with Crippen LogP contribution in [0.5, 0.6) is 0 Å². The maximum atomic E-state index is 14.5. The van der Waals surface area contributed by atoms with Crippen LogP contribution in [0.4, 0.5) is 23.4 Å². The Hall–Kier alpha value is -3.25. The van der Waals surface area contributed by atoms with Crippen molar-refractivity contribution < 1.29 is 27.5 Å². The van der Waals surface area contributed by atoms with Gasteiger partial charge in [0, 0.05) is 43.9 Å². The van der Waals surface area contributed by atoms with E-state index in [-0.39, 0.29) is 24.6 Å². The van der Waals surface area contributed by atoms with E-state index in [9.17, 15) is 27.5 Å². The molecule has 0 spiro atoms. The zero-order valence-electron chi connectivity index (χ0n) is 19.7. The van der Waals surface area contributed by atoms with Gasteiger partial charge in [-0.25, -0.2) is 14.4 Å². The molecule has 0 aliphatic carbocycles. The number of aliphatic hydroxyl groups is 1. The Morgan fingerprint density at radius 3 is 2.69 bits per heavy atom. The van der Waals surface area contributed by atoms with Crippen molar-refractivity contribution in [2.75, 3.05) is 31.1 Å². The van der Waals surface area contributed by atoms with E-state index >= 15 is 0 Å². The molecule has 1 saturated heterocycles. The van der Waals surface area contributed by atoms with Crippen LogP contribution in [-0.4, -0.2) is 62.7 Å². The number of nitrogens with zero attached hydrogens (tertiary/aromatic N) is 5. The van der Waals surface area contributed by atoms with Crippen LogP contribution < -0.4 is 10.6 Å². The zero-order valence-corrected chi connectivity index (χ0v) is 19.7. The minimum atomic E-state index is -4.61. The molecule has 0 bridgehead atoms. The van der Waals surface area contributed by atoms with Gasteiger partial charge in [-0.05, 0) is 38.1 Å². The molecule has 0 unspecified atom stereocenters. The number of anilines is 1. The summed E-state index contributed by atoms with van der Waals surface area (Å²) in [5, 5.41) is 11.3. The SMILES string of the molecule is CCN(Cc1ccc(C(F)(F)F)cc1F)c1ncnc2c1ccn2C[C@@H]1CCN(CC(N)=O)C[C@H]1O. The smallest absolute Gasteiger partial charge is 0.391 e. The average molecular weight is 509 g/mol. The average Bonchev–Trinajstić information content (AvgIpc) is 3.22. The normalized spacial score (nSPS) is 19.1. The molecular weight excluding hydrogens is 480 g/mol. The number of piperidine rings is 1. The van der Waals surface area contributed by atoms with Crippen LogP contribution in [0, 0.1) is 11.7 Å². The first-order valence-corrected chi connectivity index (χ1v) is 11.7. The van der Waals surface area contributed by atoms with Gasteiger partial charge < -0.3 is 20.3 Å². The summed E-state index contributed by atoms with van der Waals surface area (Å²) in [6, 6.07) is 4.37. The number of primary amides is 1. The van der Waals surface area contributed by atoms with Crippen molar-refractivity contribution in [3.05, 3.63) is 53.7 Å². The Morgan fingerprint density at radius 1 is 1.28 bits per heavy atom. The third-order valence-corrected chi connectivity index (χ3v) is 6.57. The first-order valence-electron chi connectivity index (χ1n) is 11.7. The lowest BCUT2D eigenvalue weighted by atomic mass is 9.93. The first-order chi connectivity index (χ1) is 17.1. The lowest BCUT2D eigenvalue weighted by molar-refractivity contribution is -0.137. The van der Waals surface area contributed by atoms with E-state index in [1.807, 2.05) is 28.7 Å². The molecule has 3 heterocycles. The fourth-order valence-corrected chi connectivity index (χ4v) is 4.66. The molecule has 1 aromatic carbocycles. The second-order valence-electron chi connectivity index (χ2n) is 9.04. The lowest BCUT2D eigenvalue weighted by Crippen LogP contribution is -2.47. The molecule has 3 N–H and O–H groups in total. The fraction of sp³-hybridized carbons (Fsp3) is 0.458. The van der Waals surface area contributed by atoms with Crippen molar-refractivity contribution in [2.24, 2.45) is 11.7 Å². The summed E-state index contributed by atoms with van der Waals surface area (Å²) >= 11 is 0. The molecule has 1 aliphatic heterocycles. The van der Waals surface area contributed by atoms with Crippen molar-refractivity contribution >= 4 is 22.8 Å². The summed E-state index contributed by atoms with van der Waals surface area (Å²) in [6.45, 7) is 3.94. The van der Waals surface area contributed by atoms with Gasteiger partial charge >= 0.3 is 6.18 Å². The third-order valence-electron chi connectivity index (χ3n) is 6.57. The summed E-state index contributed by atoms with van der Waals surface area (Å²) in [6.07, 6.45) is -1.33. The number of carbonyl (C=O) groups excluding carboxylic acids is 1. The van der Waals surface area contributed by atoms with Gasteiger partial charge in [-0.3, -0.25) is 9.69 Å². The number of nitrogens with two attached hydrogens (primary N) is 1. The van der Waals surface area contributed by atoms with Gasteiger partial charge in [0.2, 0.25) is 5.91 Å². The van der Waals surface area contributed by atoms with Crippen LogP contribution in [0.3, 0.4) is 0 Å². The molecule has 3 aromatic rings. The number of carbonyl (C=O) groups is 1. The molecule has 0 saturated carbocycles. The molecular formula is C24H28F4N6O2. The number of rotatable bonds is 8. The topological polar surface area (TPSA) is 101 Å². The Morgan fingerprint density at radius 2 is 2.06 bits per heavy atom. The molecule has 2 aromatic heterocycles. The standard InChI is InChI=1S/C24H28F4N6O2/c1-2-33(10-15-3-4-17(9-19(15)25)24(26,27)28)22-18-6-8-34(23(18)31-14-30-22)11-16-5-7-32(12-20(16)35)13-21(29)36/h3-4,6,8-9,14,16,20,35H,2,5,7,10-13H2,1H3,(H2,29,36)/t16-,20+/m0/s1. The first kappa shape index (κ1) is 25.8. The van der Waals surface area contributed by atoms with E-state index in [0.29, 0.717) is 55.5 Å². The number of fused-ring (bicyclic) bond motifs is 1. The number of amides is 1. The molecule has 194 valence electrons. The molecule has 12 heteroatoms. The predicted molar refractivity (Wildman–Crippen MR) is 125 cm³/mol. The maximum absolute atomic E-state index is 14.5. The third kappa shape index (κ3) is 5.59. The van der Waals surface area contributed by atoms with E-state index in [4.69, 9.17) is 5.73 Å². The van der Waals surface area contributed by atoms with Crippen molar-refractivity contribution in [3.8, 4) is 0 Å². The quantitative estimate of drug-likeness (QED) is 0.454. The number of benzene rings is 1. The molecule has 4 rings (SSSR count). The number of alkyl halides is 3. The summed E-state index contributed by atoms with van der Waals surface area (Å²) in [4.78, 5) is 23.5. The van der Waals surface area contributed by atoms with Crippen molar-refractivity contribution in [3.63, 3.8) is 0 Å². The Balaban J connectivity index is 1.53. The minimum Gasteiger partial charge on any atom is -0.391 e. The van der Waals surface area contributed by atoms with Crippen LogP contribution in [-0.2, 0) is 24.1 Å². The summed E-state index contributed by atoms with van der Waals surface area (Å²) in [5.41, 5.74) is 4.99. The highest BCUT2D eigenvalue weighted by Gasteiger charge is 2.32. The number of aromatic nitrogens is 3. The summed E-state index contributed by atoms with van der Waals surface area (Å²) < 4.78 is 55.1. The van der Waals surface area contributed by atoms with Gasteiger partial charge in [0.15, 0.2) is 0 Å². The van der Waals surface area contributed by atoms with Gasteiger partial charge in [0.1, 0.15) is 23.6 Å². The van der Waals surface area contributed by atoms with E-state index < -0.39 is 29.6 Å². The van der Waals surface area contributed by atoms with Crippen LogP contribution in [0.25, 0.3) is 11.0 Å². The van der Waals surface area contributed by atoms with Gasteiger partial charge in [-0.2, -0.15) is 13.2 Å². The maximum Gasteiger partial charge on any atom is 0.416 e. The predicted octanol–water partition coefficient (Wildman–Crippen LogP) is 2.78. The van der Waals surface area contributed by atoms with Crippen LogP contribution in [0.2, 0.25) is 0 Å². The number of hydrogen-bond acceptors (Lipinski definition) is 6. The van der Waals surface area contributed by atoms with Crippen LogP contribution in [0.15, 0.2) is 36.8 Å². The van der Waals surface area contributed by atoms with E-state index in [1.54, 1.807) is 4.90 Å². The second kappa shape index (κ2) is 10.4. The van der Waals surface area contributed by atoms with Crippen molar-refractivity contribution in [1.29, 1.82) is 0 Å². The van der Waals surface area contributed by atoms with E-state index in [0.717, 1.165) is 12.1 Å². The van der Waals surface area contributed by atoms with Crippen LogP contribution >= 0.6 is 0 Å². The number of aliphatic hydroxyl groups excluding tert-OH is 1. The number of halogens is 4. The lowest BCUT2D eigenvalue weighted by Gasteiger charge is -2.35. The molecule has 1 fully saturated rings. The number of likely N-dealkylation sites (tertiary alicyclic amines) is 1. The molecule has 8 nitrogen and oxygen atoms in total. The largest absolute Gasteiger partial charge is 0.416 e. The summed E-state index contributed by atoms with van der Waals surface area (Å²) in [7, 11) is 0. The molecule has 36 heavy (non-hydrogen) atoms. The highest BCUT2D eigenvalue weighted by molar-refractivity contribution is 5.87. The Bertz CT molecular complexity index is 1230. The van der Waals surface area contributed by atoms with Crippen molar-refractivity contribution in [1.82, 2.24) is 19.4 Å². The Kier molecular flexibility index (Phi) is 7.46. The van der Waals surface area contributed by atoms with Gasteiger partial charge in [-0.15, -0.1) is 0 Å². The van der Waals surface area contributed by atoms with Gasteiger partial charge in [0.25, 0.3) is 0 Å². The molecule has 0 radical (unpaired) electrons. The van der Waals surface area contributed by atoms with Gasteiger partial charge in [-0.1, -0.05) is 6.07 Å². The molecule has 1 aliphatic rings. The molecule has 2 atom stereocenters. The minimum absolute atomic E-state index is 0.0365. The number of β-amino-alcohol motifs (C(OH)–C–C–N with tert-alkyl or cyclic N) is 1. The Labute approximate surface area is 205 Å².